The highest BCUT2D eigenvalue weighted by Crippen LogP contribution is 2.29. The monoisotopic (exact) mass is 267 g/mol. The number of aryl methyl sites for hydroxylation is 2. The van der Waals surface area contributed by atoms with Gasteiger partial charge in [0.2, 0.25) is 0 Å². The van der Waals surface area contributed by atoms with Gasteiger partial charge in [0, 0.05) is 5.56 Å². The molecular formula is C14H15ClFNO. The molecule has 0 bridgehead atoms. The first kappa shape index (κ1) is 13.1. The van der Waals surface area contributed by atoms with Crippen LogP contribution in [-0.4, -0.2) is 7.05 Å². The highest BCUT2D eigenvalue weighted by atomic mass is 35.5. The quantitative estimate of drug-likeness (QED) is 0.909. The van der Waals surface area contributed by atoms with E-state index in [9.17, 15) is 4.39 Å². The fourth-order valence-corrected chi connectivity index (χ4v) is 2.25. The Kier molecular flexibility index (Phi) is 3.73. The lowest BCUT2D eigenvalue weighted by molar-refractivity contribution is 0.496. The van der Waals surface area contributed by atoms with E-state index in [1.54, 1.807) is 6.07 Å². The summed E-state index contributed by atoms with van der Waals surface area (Å²) in [5.74, 6) is 1.27. The van der Waals surface area contributed by atoms with Crippen molar-refractivity contribution in [3.05, 3.63) is 57.8 Å². The molecule has 2 nitrogen and oxygen atoms in total. The number of hydrogen-bond donors (Lipinski definition) is 1. The molecular weight excluding hydrogens is 253 g/mol. The van der Waals surface area contributed by atoms with Crippen LogP contribution in [0.2, 0.25) is 5.02 Å². The van der Waals surface area contributed by atoms with Crippen molar-refractivity contribution in [1.82, 2.24) is 5.32 Å². The predicted octanol–water partition coefficient (Wildman–Crippen LogP) is 4.00. The second-order valence-corrected chi connectivity index (χ2v) is 4.67. The molecule has 0 aliphatic carbocycles. The van der Waals surface area contributed by atoms with Gasteiger partial charge in [0.1, 0.15) is 17.3 Å². The summed E-state index contributed by atoms with van der Waals surface area (Å²) in [5.41, 5.74) is 1.83. The van der Waals surface area contributed by atoms with Gasteiger partial charge in [-0.2, -0.15) is 0 Å². The number of benzene rings is 1. The Morgan fingerprint density at radius 2 is 2.00 bits per heavy atom. The van der Waals surface area contributed by atoms with Crippen LogP contribution in [0.15, 0.2) is 28.7 Å². The van der Waals surface area contributed by atoms with E-state index < -0.39 is 5.82 Å². The molecule has 2 rings (SSSR count). The van der Waals surface area contributed by atoms with Crippen LogP contribution >= 0.6 is 11.6 Å². The molecule has 2 aromatic rings. The Hall–Kier alpha value is -1.32. The van der Waals surface area contributed by atoms with Gasteiger partial charge < -0.3 is 9.73 Å². The van der Waals surface area contributed by atoms with Crippen LogP contribution in [0, 0.1) is 19.7 Å². The third-order valence-electron chi connectivity index (χ3n) is 2.96. The van der Waals surface area contributed by atoms with Crippen LogP contribution in [0.1, 0.15) is 28.7 Å². The summed E-state index contributed by atoms with van der Waals surface area (Å²) < 4.78 is 19.0. The zero-order valence-corrected chi connectivity index (χ0v) is 11.3. The molecule has 0 aliphatic heterocycles. The number of hydrogen-bond acceptors (Lipinski definition) is 2. The molecule has 96 valence electrons. The Morgan fingerprint density at radius 1 is 1.28 bits per heavy atom. The Morgan fingerprint density at radius 3 is 2.50 bits per heavy atom. The Bertz CT molecular complexity index is 565. The summed E-state index contributed by atoms with van der Waals surface area (Å²) in [5, 5.41) is 3.30. The number of nitrogens with one attached hydrogen (secondary N) is 1. The van der Waals surface area contributed by atoms with E-state index in [0.29, 0.717) is 0 Å². The van der Waals surface area contributed by atoms with Gasteiger partial charge in [0.15, 0.2) is 0 Å². The molecule has 0 aliphatic rings. The molecule has 1 aromatic carbocycles. The maximum Gasteiger partial charge on any atom is 0.142 e. The van der Waals surface area contributed by atoms with Crippen molar-refractivity contribution < 1.29 is 8.81 Å². The van der Waals surface area contributed by atoms with E-state index in [1.165, 1.54) is 6.07 Å². The zero-order chi connectivity index (χ0) is 13.3. The topological polar surface area (TPSA) is 25.2 Å². The van der Waals surface area contributed by atoms with Crippen molar-refractivity contribution in [2.45, 2.75) is 19.9 Å². The van der Waals surface area contributed by atoms with Crippen LogP contribution in [0.5, 0.6) is 0 Å². The molecule has 1 atom stereocenters. The minimum absolute atomic E-state index is 0.103. The second kappa shape index (κ2) is 5.12. The lowest BCUT2D eigenvalue weighted by Gasteiger charge is -2.16. The van der Waals surface area contributed by atoms with Gasteiger partial charge in [0.05, 0.1) is 11.1 Å². The number of furan rings is 1. The van der Waals surface area contributed by atoms with Crippen molar-refractivity contribution in [2.24, 2.45) is 0 Å². The van der Waals surface area contributed by atoms with Crippen LogP contribution < -0.4 is 5.32 Å². The van der Waals surface area contributed by atoms with Crippen molar-refractivity contribution >= 4 is 11.6 Å². The normalized spacial score (nSPS) is 12.7. The van der Waals surface area contributed by atoms with E-state index in [2.05, 4.69) is 5.32 Å². The second-order valence-electron chi connectivity index (χ2n) is 4.26. The van der Waals surface area contributed by atoms with Gasteiger partial charge in [0.25, 0.3) is 0 Å². The van der Waals surface area contributed by atoms with Crippen LogP contribution in [0.25, 0.3) is 0 Å². The van der Waals surface area contributed by atoms with Crippen LogP contribution in [0.3, 0.4) is 0 Å². The van der Waals surface area contributed by atoms with Crippen molar-refractivity contribution in [2.75, 3.05) is 7.05 Å². The molecule has 0 radical (unpaired) electrons. The minimum Gasteiger partial charge on any atom is -0.466 e. The molecule has 0 spiro atoms. The highest BCUT2D eigenvalue weighted by Gasteiger charge is 2.18. The van der Waals surface area contributed by atoms with E-state index in [1.807, 2.05) is 33.0 Å². The summed E-state index contributed by atoms with van der Waals surface area (Å²) in [6.45, 7) is 3.80. The van der Waals surface area contributed by atoms with Gasteiger partial charge in [-0.3, -0.25) is 0 Å². The molecule has 4 heteroatoms. The van der Waals surface area contributed by atoms with Gasteiger partial charge >= 0.3 is 0 Å². The summed E-state index contributed by atoms with van der Waals surface area (Å²) in [6, 6.07) is 6.69. The number of rotatable bonds is 3. The van der Waals surface area contributed by atoms with Crippen LogP contribution in [0.4, 0.5) is 4.39 Å². The smallest absolute Gasteiger partial charge is 0.142 e. The molecule has 18 heavy (non-hydrogen) atoms. The van der Waals surface area contributed by atoms with E-state index >= 15 is 0 Å². The molecule has 0 saturated heterocycles. The summed E-state index contributed by atoms with van der Waals surface area (Å²) in [4.78, 5) is 0. The van der Waals surface area contributed by atoms with E-state index in [0.717, 1.165) is 22.6 Å². The first-order valence-corrected chi connectivity index (χ1v) is 6.10. The fraction of sp³-hybridized carbons (Fsp3) is 0.286. The molecule has 1 unspecified atom stereocenters. The first-order chi connectivity index (χ1) is 8.52. The van der Waals surface area contributed by atoms with Gasteiger partial charge in [-0.15, -0.1) is 0 Å². The maximum absolute atomic E-state index is 13.5. The Labute approximate surface area is 111 Å². The standard InChI is InChI=1S/C14H15ClFNO/c1-8-6-11(9(2)18-8)14(17-3)10-4-5-12(15)13(16)7-10/h4-7,14,17H,1-3H3. The molecule has 1 aromatic heterocycles. The SMILES string of the molecule is CNC(c1ccc(Cl)c(F)c1)c1cc(C)oc1C. The molecule has 0 saturated carbocycles. The number of halogens is 2. The average molecular weight is 268 g/mol. The molecule has 1 N–H and O–H groups in total. The average Bonchev–Trinajstić information content (AvgIpc) is 2.64. The minimum atomic E-state index is -0.410. The molecule has 0 amide bonds. The van der Waals surface area contributed by atoms with Crippen molar-refractivity contribution in [3.63, 3.8) is 0 Å². The molecule has 1 heterocycles. The lowest BCUT2D eigenvalue weighted by atomic mass is 9.99. The van der Waals surface area contributed by atoms with Gasteiger partial charge in [-0.25, -0.2) is 4.39 Å². The van der Waals surface area contributed by atoms with Crippen LogP contribution in [-0.2, 0) is 0 Å². The third-order valence-corrected chi connectivity index (χ3v) is 3.26. The first-order valence-electron chi connectivity index (χ1n) is 5.72. The third kappa shape index (κ3) is 2.42. The summed E-state index contributed by atoms with van der Waals surface area (Å²) in [6.07, 6.45) is 0. The Balaban J connectivity index is 2.45. The van der Waals surface area contributed by atoms with E-state index in [-0.39, 0.29) is 11.1 Å². The summed E-state index contributed by atoms with van der Waals surface area (Å²) >= 11 is 5.70. The highest BCUT2D eigenvalue weighted by molar-refractivity contribution is 6.30. The van der Waals surface area contributed by atoms with Crippen molar-refractivity contribution in [3.8, 4) is 0 Å². The predicted molar refractivity (Wildman–Crippen MR) is 70.5 cm³/mol. The lowest BCUT2D eigenvalue weighted by Crippen LogP contribution is -2.18. The zero-order valence-electron chi connectivity index (χ0n) is 10.6. The van der Waals surface area contributed by atoms with Gasteiger partial charge in [-0.05, 0) is 44.7 Å². The van der Waals surface area contributed by atoms with Crippen molar-refractivity contribution in [1.29, 1.82) is 0 Å². The fourth-order valence-electron chi connectivity index (χ4n) is 2.13. The van der Waals surface area contributed by atoms with Gasteiger partial charge in [-0.1, -0.05) is 17.7 Å². The maximum atomic E-state index is 13.5. The van der Waals surface area contributed by atoms with E-state index in [4.69, 9.17) is 16.0 Å². The summed E-state index contributed by atoms with van der Waals surface area (Å²) in [7, 11) is 1.83. The molecule has 0 fully saturated rings. The largest absolute Gasteiger partial charge is 0.466 e.